The summed E-state index contributed by atoms with van der Waals surface area (Å²) in [5.74, 6) is 0.534. The van der Waals surface area contributed by atoms with Crippen molar-refractivity contribution in [3.8, 4) is 0 Å². The van der Waals surface area contributed by atoms with E-state index in [0.717, 1.165) is 6.42 Å². The van der Waals surface area contributed by atoms with Gasteiger partial charge in [0, 0.05) is 6.61 Å². The molecule has 0 radical (unpaired) electrons. The van der Waals surface area contributed by atoms with E-state index in [-0.39, 0.29) is 0 Å². The van der Waals surface area contributed by atoms with Crippen LogP contribution < -0.4 is 0 Å². The van der Waals surface area contributed by atoms with Gasteiger partial charge in [0.1, 0.15) is 0 Å². The molecule has 0 aromatic carbocycles. The number of aliphatic hydroxyl groups excluding tert-OH is 1. The van der Waals surface area contributed by atoms with Gasteiger partial charge < -0.3 is 5.11 Å². The molecule has 1 atom stereocenters. The summed E-state index contributed by atoms with van der Waals surface area (Å²) in [6.45, 7) is 6.86. The zero-order chi connectivity index (χ0) is 9.40. The Labute approximate surface area is 76.5 Å². The number of allylic oxidation sites excluding steroid dienone is 2. The van der Waals surface area contributed by atoms with E-state index in [1.54, 1.807) is 0 Å². The second-order valence-corrected chi connectivity index (χ2v) is 3.61. The first-order valence-corrected chi connectivity index (χ1v) is 4.98. The van der Waals surface area contributed by atoms with Gasteiger partial charge in [0.25, 0.3) is 0 Å². The monoisotopic (exact) mass is 170 g/mol. The predicted octanol–water partition coefficient (Wildman–Crippen LogP) is 3.14. The molecule has 12 heavy (non-hydrogen) atoms. The highest BCUT2D eigenvalue weighted by atomic mass is 16.2. The first-order chi connectivity index (χ1) is 5.70. The van der Waals surface area contributed by atoms with Crippen molar-refractivity contribution in [2.75, 3.05) is 6.61 Å². The molecule has 0 saturated carbocycles. The fourth-order valence-electron chi connectivity index (χ4n) is 1.31. The van der Waals surface area contributed by atoms with E-state index in [1.165, 1.54) is 24.8 Å². The van der Waals surface area contributed by atoms with Crippen molar-refractivity contribution in [3.63, 3.8) is 0 Å². The van der Waals surface area contributed by atoms with Gasteiger partial charge >= 0.3 is 0 Å². The maximum absolute atomic E-state index is 8.70. The van der Waals surface area contributed by atoms with Crippen molar-refractivity contribution in [3.05, 3.63) is 11.6 Å². The maximum Gasteiger partial charge on any atom is 0.0436 e. The molecule has 0 unspecified atom stereocenters. The van der Waals surface area contributed by atoms with E-state index in [1.807, 2.05) is 0 Å². The minimum absolute atomic E-state index is 0.304. The van der Waals surface area contributed by atoms with E-state index in [9.17, 15) is 0 Å². The Balaban J connectivity index is 3.64. The smallest absolute Gasteiger partial charge is 0.0436 e. The van der Waals surface area contributed by atoms with E-state index in [0.29, 0.717) is 12.5 Å². The highest BCUT2D eigenvalue weighted by Crippen LogP contribution is 2.11. The van der Waals surface area contributed by atoms with Crippen molar-refractivity contribution < 1.29 is 5.11 Å². The molecule has 0 bridgehead atoms. The summed E-state index contributed by atoms with van der Waals surface area (Å²) in [6.07, 6.45) is 6.94. The number of unbranched alkanes of at least 4 members (excludes halogenated alkanes) is 1. The second-order valence-electron chi connectivity index (χ2n) is 3.61. The van der Waals surface area contributed by atoms with Gasteiger partial charge in [-0.3, -0.25) is 0 Å². The number of aliphatic hydroxyl groups is 1. The van der Waals surface area contributed by atoms with Gasteiger partial charge in [-0.15, -0.1) is 0 Å². The van der Waals surface area contributed by atoms with Gasteiger partial charge in [0.05, 0.1) is 0 Å². The van der Waals surface area contributed by atoms with E-state index in [2.05, 4.69) is 26.8 Å². The number of rotatable bonds is 6. The van der Waals surface area contributed by atoms with Crippen LogP contribution in [0.3, 0.4) is 0 Å². The zero-order valence-electron chi connectivity index (χ0n) is 8.64. The lowest BCUT2D eigenvalue weighted by atomic mass is 10.0. The standard InChI is InChI=1S/C11H22O/c1-4-5-6-10(2)9-11(3)7-8-12/h9,11-12H,4-8H2,1-3H3/b10-9+/t11-/m1/s1. The normalized spacial score (nSPS) is 14.8. The van der Waals surface area contributed by atoms with Crippen molar-refractivity contribution in [2.24, 2.45) is 5.92 Å². The Kier molecular flexibility index (Phi) is 7.17. The maximum atomic E-state index is 8.70. The van der Waals surface area contributed by atoms with Crippen LogP contribution in [0.5, 0.6) is 0 Å². The molecule has 0 fully saturated rings. The first-order valence-electron chi connectivity index (χ1n) is 4.98. The fraction of sp³-hybridized carbons (Fsp3) is 0.818. The van der Waals surface area contributed by atoms with Crippen LogP contribution in [0.1, 0.15) is 46.5 Å². The molecule has 0 aromatic heterocycles. The van der Waals surface area contributed by atoms with Crippen molar-refractivity contribution in [1.29, 1.82) is 0 Å². The van der Waals surface area contributed by atoms with Crippen molar-refractivity contribution >= 4 is 0 Å². The van der Waals surface area contributed by atoms with Crippen molar-refractivity contribution in [1.82, 2.24) is 0 Å². The third kappa shape index (κ3) is 6.41. The molecule has 0 aliphatic carbocycles. The van der Waals surface area contributed by atoms with Crippen LogP contribution in [0, 0.1) is 5.92 Å². The molecule has 0 saturated heterocycles. The van der Waals surface area contributed by atoms with Crippen LogP contribution in [0.25, 0.3) is 0 Å². The lowest BCUT2D eigenvalue weighted by Gasteiger charge is -2.05. The van der Waals surface area contributed by atoms with E-state index >= 15 is 0 Å². The van der Waals surface area contributed by atoms with Crippen LogP contribution >= 0.6 is 0 Å². The third-order valence-corrected chi connectivity index (χ3v) is 2.08. The second kappa shape index (κ2) is 7.35. The molecule has 1 N–H and O–H groups in total. The van der Waals surface area contributed by atoms with Crippen LogP contribution in [0.2, 0.25) is 0 Å². The lowest BCUT2D eigenvalue weighted by molar-refractivity contribution is 0.274. The summed E-state index contributed by atoms with van der Waals surface area (Å²) in [6, 6.07) is 0. The SMILES string of the molecule is CCCC/C(C)=C/[C@H](C)CCO. The summed E-state index contributed by atoms with van der Waals surface area (Å²) in [5.41, 5.74) is 1.47. The molecule has 0 aliphatic rings. The van der Waals surface area contributed by atoms with Gasteiger partial charge in [0.2, 0.25) is 0 Å². The molecule has 0 aromatic rings. The molecule has 0 amide bonds. The molecular weight excluding hydrogens is 148 g/mol. The van der Waals surface area contributed by atoms with Gasteiger partial charge in [-0.2, -0.15) is 0 Å². The molecule has 1 heteroatoms. The quantitative estimate of drug-likeness (QED) is 0.607. The topological polar surface area (TPSA) is 20.2 Å². The fourth-order valence-corrected chi connectivity index (χ4v) is 1.31. The molecule has 0 heterocycles. The Morgan fingerprint density at radius 2 is 2.17 bits per heavy atom. The summed E-state index contributed by atoms with van der Waals surface area (Å²) < 4.78 is 0. The Bertz CT molecular complexity index is 127. The molecule has 72 valence electrons. The minimum atomic E-state index is 0.304. The molecule has 0 rings (SSSR count). The van der Waals surface area contributed by atoms with Gasteiger partial charge in [-0.1, -0.05) is 31.9 Å². The average Bonchev–Trinajstić information content (AvgIpc) is 2.01. The number of hydrogen-bond donors (Lipinski definition) is 1. The lowest BCUT2D eigenvalue weighted by Crippen LogP contribution is -1.95. The Hall–Kier alpha value is -0.300. The Morgan fingerprint density at radius 3 is 2.67 bits per heavy atom. The van der Waals surface area contributed by atoms with Crippen LogP contribution in [-0.2, 0) is 0 Å². The highest BCUT2D eigenvalue weighted by molar-refractivity contribution is 4.99. The van der Waals surface area contributed by atoms with E-state index in [4.69, 9.17) is 5.11 Å². The van der Waals surface area contributed by atoms with Gasteiger partial charge in [0.15, 0.2) is 0 Å². The van der Waals surface area contributed by atoms with Gasteiger partial charge in [-0.05, 0) is 32.1 Å². The largest absolute Gasteiger partial charge is 0.396 e. The zero-order valence-corrected chi connectivity index (χ0v) is 8.64. The molecular formula is C11H22O. The molecule has 0 aliphatic heterocycles. The summed E-state index contributed by atoms with van der Waals surface area (Å²) in [5, 5.41) is 8.70. The summed E-state index contributed by atoms with van der Waals surface area (Å²) in [7, 11) is 0. The van der Waals surface area contributed by atoms with E-state index < -0.39 is 0 Å². The third-order valence-electron chi connectivity index (χ3n) is 2.08. The van der Waals surface area contributed by atoms with Crippen LogP contribution in [0.4, 0.5) is 0 Å². The highest BCUT2D eigenvalue weighted by Gasteiger charge is 1.97. The van der Waals surface area contributed by atoms with Crippen LogP contribution in [0.15, 0.2) is 11.6 Å². The van der Waals surface area contributed by atoms with Crippen LogP contribution in [-0.4, -0.2) is 11.7 Å². The number of hydrogen-bond acceptors (Lipinski definition) is 1. The van der Waals surface area contributed by atoms with Gasteiger partial charge in [-0.25, -0.2) is 0 Å². The first kappa shape index (κ1) is 11.7. The molecule has 0 spiro atoms. The predicted molar refractivity (Wildman–Crippen MR) is 54.1 cm³/mol. The Morgan fingerprint density at radius 1 is 1.50 bits per heavy atom. The average molecular weight is 170 g/mol. The summed E-state index contributed by atoms with van der Waals surface area (Å²) >= 11 is 0. The summed E-state index contributed by atoms with van der Waals surface area (Å²) in [4.78, 5) is 0. The van der Waals surface area contributed by atoms with Crippen molar-refractivity contribution in [2.45, 2.75) is 46.5 Å². The molecule has 1 nitrogen and oxygen atoms in total. The minimum Gasteiger partial charge on any atom is -0.396 e.